The predicted molar refractivity (Wildman–Crippen MR) is 94.6 cm³/mol. The van der Waals surface area contributed by atoms with Gasteiger partial charge in [0.2, 0.25) is 0 Å². The highest BCUT2D eigenvalue weighted by molar-refractivity contribution is 9.10. The summed E-state index contributed by atoms with van der Waals surface area (Å²) in [5, 5.41) is 3.64. The molecule has 0 aromatic heterocycles. The number of hydrogen-bond acceptors (Lipinski definition) is 2. The van der Waals surface area contributed by atoms with E-state index in [1.807, 2.05) is 0 Å². The van der Waals surface area contributed by atoms with Crippen LogP contribution in [0, 0.1) is 5.92 Å². The van der Waals surface area contributed by atoms with E-state index in [1.165, 1.54) is 37.9 Å². The van der Waals surface area contributed by atoms with Crippen molar-refractivity contribution >= 4 is 15.9 Å². The summed E-state index contributed by atoms with van der Waals surface area (Å²) in [5.41, 5.74) is 1.40. The molecule has 1 saturated carbocycles. The van der Waals surface area contributed by atoms with Crippen LogP contribution in [0.5, 0.6) is 0 Å². The Labute approximate surface area is 138 Å². The smallest absolute Gasteiger partial charge is 0.0332 e. The molecular formula is C18H29BrN2. The molecule has 1 aromatic carbocycles. The largest absolute Gasteiger partial charge is 0.310 e. The molecule has 0 heterocycles. The summed E-state index contributed by atoms with van der Waals surface area (Å²) in [6, 6.07) is 9.87. The normalized spacial score (nSPS) is 16.7. The van der Waals surface area contributed by atoms with Crippen molar-refractivity contribution in [3.8, 4) is 0 Å². The van der Waals surface area contributed by atoms with Crippen molar-refractivity contribution in [1.29, 1.82) is 0 Å². The third-order valence-corrected chi connectivity index (χ3v) is 4.88. The molecule has 118 valence electrons. The molecule has 1 aromatic rings. The molecule has 2 nitrogen and oxygen atoms in total. The minimum absolute atomic E-state index is 0.462. The fraction of sp³-hybridized carbons (Fsp3) is 0.667. The van der Waals surface area contributed by atoms with E-state index in [2.05, 4.69) is 71.2 Å². The van der Waals surface area contributed by atoms with Gasteiger partial charge in [-0.25, -0.2) is 0 Å². The maximum Gasteiger partial charge on any atom is 0.0332 e. The summed E-state index contributed by atoms with van der Waals surface area (Å²) in [4.78, 5) is 2.65. The first-order valence-corrected chi connectivity index (χ1v) is 9.12. The Morgan fingerprint density at radius 3 is 2.43 bits per heavy atom. The Morgan fingerprint density at radius 2 is 1.90 bits per heavy atom. The molecular weight excluding hydrogens is 324 g/mol. The van der Waals surface area contributed by atoms with E-state index in [-0.39, 0.29) is 0 Å². The van der Waals surface area contributed by atoms with Crippen molar-refractivity contribution in [1.82, 2.24) is 10.2 Å². The standard InChI is InChI=1S/C18H29BrN2/c1-4-20-18(16-7-9-17(19)10-8-16)11-12-21(14(2)3)13-15-5-6-15/h7-10,14-15,18,20H,4-6,11-13H2,1-3H3. The average Bonchev–Trinajstić information content (AvgIpc) is 3.26. The SMILES string of the molecule is CCNC(CCN(CC1CC1)C(C)C)c1ccc(Br)cc1. The van der Waals surface area contributed by atoms with Crippen molar-refractivity contribution < 1.29 is 0 Å². The first-order chi connectivity index (χ1) is 10.1. The highest BCUT2D eigenvalue weighted by Crippen LogP contribution is 2.30. The fourth-order valence-corrected chi connectivity index (χ4v) is 3.08. The quantitative estimate of drug-likeness (QED) is 0.697. The Morgan fingerprint density at radius 1 is 1.24 bits per heavy atom. The number of rotatable bonds is 9. The second-order valence-corrected chi connectivity index (χ2v) is 7.40. The molecule has 1 unspecified atom stereocenters. The molecule has 0 spiro atoms. The number of nitrogens with one attached hydrogen (secondary N) is 1. The van der Waals surface area contributed by atoms with Crippen LogP contribution in [0.15, 0.2) is 28.7 Å². The lowest BCUT2D eigenvalue weighted by atomic mass is 10.0. The predicted octanol–water partition coefficient (Wildman–Crippen LogP) is 4.61. The minimum Gasteiger partial charge on any atom is -0.310 e. The van der Waals surface area contributed by atoms with Crippen LogP contribution in [0.2, 0.25) is 0 Å². The van der Waals surface area contributed by atoms with E-state index in [0.29, 0.717) is 12.1 Å². The van der Waals surface area contributed by atoms with Gasteiger partial charge in [0.25, 0.3) is 0 Å². The maximum atomic E-state index is 3.64. The molecule has 0 saturated heterocycles. The van der Waals surface area contributed by atoms with Crippen LogP contribution in [0.1, 0.15) is 51.6 Å². The lowest BCUT2D eigenvalue weighted by Gasteiger charge is -2.29. The second-order valence-electron chi connectivity index (χ2n) is 6.48. The van der Waals surface area contributed by atoms with Crippen LogP contribution in [-0.2, 0) is 0 Å². The number of nitrogens with zero attached hydrogens (tertiary/aromatic N) is 1. The van der Waals surface area contributed by atoms with Crippen LogP contribution >= 0.6 is 15.9 Å². The Kier molecular flexibility index (Phi) is 6.72. The summed E-state index contributed by atoms with van der Waals surface area (Å²) in [5.74, 6) is 0.970. The van der Waals surface area contributed by atoms with Gasteiger partial charge in [-0.15, -0.1) is 0 Å². The van der Waals surface area contributed by atoms with Crippen molar-refractivity contribution in [2.75, 3.05) is 19.6 Å². The minimum atomic E-state index is 0.462. The van der Waals surface area contributed by atoms with Gasteiger partial charge in [-0.05, 0) is 63.3 Å². The molecule has 21 heavy (non-hydrogen) atoms. The highest BCUT2D eigenvalue weighted by Gasteiger charge is 2.25. The van der Waals surface area contributed by atoms with Crippen molar-refractivity contribution in [2.24, 2.45) is 5.92 Å². The molecule has 1 atom stereocenters. The van der Waals surface area contributed by atoms with Crippen molar-refractivity contribution in [2.45, 2.75) is 52.1 Å². The van der Waals surface area contributed by atoms with E-state index >= 15 is 0 Å². The first-order valence-electron chi connectivity index (χ1n) is 8.33. The van der Waals surface area contributed by atoms with E-state index in [1.54, 1.807) is 0 Å². The zero-order valence-corrected chi connectivity index (χ0v) is 15.2. The highest BCUT2D eigenvalue weighted by atomic mass is 79.9. The number of benzene rings is 1. The summed E-state index contributed by atoms with van der Waals surface area (Å²) in [6.45, 7) is 10.3. The molecule has 3 heteroatoms. The number of halogens is 1. The van der Waals surface area contributed by atoms with Crippen LogP contribution in [-0.4, -0.2) is 30.6 Å². The summed E-state index contributed by atoms with van der Waals surface area (Å²) in [6.07, 6.45) is 4.06. The van der Waals surface area contributed by atoms with Gasteiger partial charge in [0.05, 0.1) is 0 Å². The fourth-order valence-electron chi connectivity index (χ4n) is 2.82. The van der Waals surface area contributed by atoms with Crippen molar-refractivity contribution in [3.05, 3.63) is 34.3 Å². The van der Waals surface area contributed by atoms with Crippen molar-refractivity contribution in [3.63, 3.8) is 0 Å². The molecule has 2 rings (SSSR count). The Bertz CT molecular complexity index is 412. The Balaban J connectivity index is 1.92. The number of hydrogen-bond donors (Lipinski definition) is 1. The molecule has 1 N–H and O–H groups in total. The zero-order chi connectivity index (χ0) is 15.2. The lowest BCUT2D eigenvalue weighted by Crippen LogP contribution is -2.36. The summed E-state index contributed by atoms with van der Waals surface area (Å²) in [7, 11) is 0. The van der Waals surface area contributed by atoms with E-state index in [4.69, 9.17) is 0 Å². The monoisotopic (exact) mass is 352 g/mol. The Hall–Kier alpha value is -0.380. The summed E-state index contributed by atoms with van der Waals surface area (Å²) >= 11 is 3.52. The molecule has 0 amide bonds. The van der Waals surface area contributed by atoms with E-state index in [9.17, 15) is 0 Å². The summed E-state index contributed by atoms with van der Waals surface area (Å²) < 4.78 is 1.15. The second kappa shape index (κ2) is 8.30. The van der Waals surface area contributed by atoms with Gasteiger partial charge in [-0.1, -0.05) is 35.0 Å². The third-order valence-electron chi connectivity index (χ3n) is 4.35. The molecule has 0 radical (unpaired) electrons. The molecule has 1 fully saturated rings. The van der Waals surface area contributed by atoms with Gasteiger partial charge >= 0.3 is 0 Å². The zero-order valence-electron chi connectivity index (χ0n) is 13.6. The maximum absolute atomic E-state index is 3.64. The van der Waals surface area contributed by atoms with Gasteiger partial charge in [-0.3, -0.25) is 0 Å². The van der Waals surface area contributed by atoms with Gasteiger partial charge in [0.1, 0.15) is 0 Å². The van der Waals surface area contributed by atoms with Crippen LogP contribution in [0.3, 0.4) is 0 Å². The lowest BCUT2D eigenvalue weighted by molar-refractivity contribution is 0.201. The van der Waals surface area contributed by atoms with Gasteiger partial charge in [0, 0.05) is 29.6 Å². The first kappa shape index (κ1) is 17.0. The van der Waals surface area contributed by atoms with Gasteiger partial charge < -0.3 is 10.2 Å². The molecule has 0 bridgehead atoms. The van der Waals surface area contributed by atoms with Crippen LogP contribution in [0.25, 0.3) is 0 Å². The van der Waals surface area contributed by atoms with Gasteiger partial charge in [0.15, 0.2) is 0 Å². The van der Waals surface area contributed by atoms with Gasteiger partial charge in [-0.2, -0.15) is 0 Å². The van der Waals surface area contributed by atoms with Crippen LogP contribution < -0.4 is 5.32 Å². The van der Waals surface area contributed by atoms with E-state index in [0.717, 1.165) is 16.9 Å². The molecule has 1 aliphatic carbocycles. The van der Waals surface area contributed by atoms with E-state index < -0.39 is 0 Å². The molecule has 1 aliphatic rings. The van der Waals surface area contributed by atoms with Crippen LogP contribution in [0.4, 0.5) is 0 Å². The average molecular weight is 353 g/mol. The third kappa shape index (κ3) is 5.72. The topological polar surface area (TPSA) is 15.3 Å². The molecule has 0 aliphatic heterocycles.